The molecule has 1 fully saturated rings. The van der Waals surface area contributed by atoms with E-state index in [0.29, 0.717) is 25.9 Å². The molecular formula is C26H34N4O2. The molecule has 6 nitrogen and oxygen atoms in total. The van der Waals surface area contributed by atoms with Gasteiger partial charge in [-0.3, -0.25) is 14.5 Å². The number of rotatable bonds is 5. The number of anilines is 1. The fraction of sp³-hybridized carbons (Fsp3) is 0.538. The van der Waals surface area contributed by atoms with Crippen LogP contribution in [-0.4, -0.2) is 46.3 Å². The lowest BCUT2D eigenvalue weighted by molar-refractivity contribution is -0.138. The zero-order chi connectivity index (χ0) is 22.9. The maximum absolute atomic E-state index is 12.8. The molecule has 0 N–H and O–H groups in total. The highest BCUT2D eigenvalue weighted by molar-refractivity contribution is 5.95. The van der Waals surface area contributed by atoms with Crippen LogP contribution in [-0.2, 0) is 22.4 Å². The predicted molar refractivity (Wildman–Crippen MR) is 126 cm³/mol. The van der Waals surface area contributed by atoms with Gasteiger partial charge in [0.25, 0.3) is 0 Å². The second-order valence-corrected chi connectivity index (χ2v) is 10.1. The van der Waals surface area contributed by atoms with Crippen LogP contribution in [0.4, 0.5) is 5.82 Å². The van der Waals surface area contributed by atoms with Gasteiger partial charge in [-0.1, -0.05) is 51.1 Å². The first-order valence-electron chi connectivity index (χ1n) is 11.7. The Morgan fingerprint density at radius 2 is 1.88 bits per heavy atom. The zero-order valence-electron chi connectivity index (χ0n) is 19.7. The van der Waals surface area contributed by atoms with Gasteiger partial charge < -0.3 is 4.90 Å². The number of hydrogen-bond acceptors (Lipinski definition) is 4. The van der Waals surface area contributed by atoms with Crippen LogP contribution in [0.25, 0.3) is 0 Å². The SMILES string of the molecule is Cc1nc([C@@H]2CCN(C(=O)C(C)(C)C)C2)nc2c1CCC(=O)N2CCCc1ccccc1. The Morgan fingerprint density at radius 3 is 2.59 bits per heavy atom. The van der Waals surface area contributed by atoms with Crippen molar-refractivity contribution in [2.24, 2.45) is 5.41 Å². The number of fused-ring (bicyclic) bond motifs is 1. The molecule has 32 heavy (non-hydrogen) atoms. The average Bonchev–Trinajstić information content (AvgIpc) is 3.25. The Bertz CT molecular complexity index is 997. The van der Waals surface area contributed by atoms with Crippen LogP contribution in [0.15, 0.2) is 30.3 Å². The van der Waals surface area contributed by atoms with Crippen molar-refractivity contribution in [2.45, 2.75) is 65.7 Å². The summed E-state index contributed by atoms with van der Waals surface area (Å²) in [6, 6.07) is 10.4. The van der Waals surface area contributed by atoms with Crippen LogP contribution < -0.4 is 4.90 Å². The van der Waals surface area contributed by atoms with Gasteiger partial charge in [-0.15, -0.1) is 0 Å². The number of aryl methyl sites for hydroxylation is 2. The maximum Gasteiger partial charge on any atom is 0.228 e. The molecule has 0 aliphatic carbocycles. The molecule has 2 aromatic rings. The molecule has 0 radical (unpaired) electrons. The Kier molecular flexibility index (Phi) is 6.31. The van der Waals surface area contributed by atoms with Gasteiger partial charge in [0.2, 0.25) is 11.8 Å². The molecule has 1 aromatic heterocycles. The van der Waals surface area contributed by atoms with E-state index >= 15 is 0 Å². The summed E-state index contributed by atoms with van der Waals surface area (Å²) in [7, 11) is 0. The fourth-order valence-electron chi connectivity index (χ4n) is 4.73. The molecule has 0 unspecified atom stereocenters. The monoisotopic (exact) mass is 434 g/mol. The van der Waals surface area contributed by atoms with Crippen molar-refractivity contribution in [3.63, 3.8) is 0 Å². The minimum Gasteiger partial charge on any atom is -0.341 e. The van der Waals surface area contributed by atoms with Crippen molar-refractivity contribution >= 4 is 17.6 Å². The summed E-state index contributed by atoms with van der Waals surface area (Å²) in [5.74, 6) is 2.00. The predicted octanol–water partition coefficient (Wildman–Crippen LogP) is 4.06. The van der Waals surface area contributed by atoms with Gasteiger partial charge in [-0.2, -0.15) is 0 Å². The molecule has 0 spiro atoms. The molecule has 4 rings (SSSR count). The molecule has 1 atom stereocenters. The molecule has 2 amide bonds. The molecule has 0 saturated carbocycles. The quantitative estimate of drug-likeness (QED) is 0.712. The third-order valence-electron chi connectivity index (χ3n) is 6.53. The van der Waals surface area contributed by atoms with E-state index in [9.17, 15) is 9.59 Å². The van der Waals surface area contributed by atoms with Crippen LogP contribution in [0.3, 0.4) is 0 Å². The second-order valence-electron chi connectivity index (χ2n) is 10.1. The molecule has 170 valence electrons. The fourth-order valence-corrected chi connectivity index (χ4v) is 4.73. The summed E-state index contributed by atoms with van der Waals surface area (Å²) >= 11 is 0. The van der Waals surface area contributed by atoms with Crippen LogP contribution in [0.2, 0.25) is 0 Å². The van der Waals surface area contributed by atoms with Crippen molar-refractivity contribution in [3.05, 3.63) is 53.0 Å². The van der Waals surface area contributed by atoms with Crippen molar-refractivity contribution in [1.82, 2.24) is 14.9 Å². The average molecular weight is 435 g/mol. The van der Waals surface area contributed by atoms with Gasteiger partial charge in [0.1, 0.15) is 11.6 Å². The first kappa shape index (κ1) is 22.4. The highest BCUT2D eigenvalue weighted by atomic mass is 16.2. The van der Waals surface area contributed by atoms with Crippen molar-refractivity contribution in [1.29, 1.82) is 0 Å². The third kappa shape index (κ3) is 4.69. The zero-order valence-corrected chi connectivity index (χ0v) is 19.7. The van der Waals surface area contributed by atoms with E-state index in [1.54, 1.807) is 0 Å². The minimum atomic E-state index is -0.385. The molecule has 6 heteroatoms. The summed E-state index contributed by atoms with van der Waals surface area (Å²) in [5, 5.41) is 0. The van der Waals surface area contributed by atoms with E-state index in [1.165, 1.54) is 5.56 Å². The normalized spacial score (nSPS) is 18.8. The lowest BCUT2D eigenvalue weighted by Gasteiger charge is -2.30. The van der Waals surface area contributed by atoms with Gasteiger partial charge in [0.15, 0.2) is 0 Å². The first-order valence-corrected chi connectivity index (χ1v) is 11.7. The van der Waals surface area contributed by atoms with Crippen molar-refractivity contribution < 1.29 is 9.59 Å². The number of nitrogens with zero attached hydrogens (tertiary/aromatic N) is 4. The molecular weight excluding hydrogens is 400 g/mol. The van der Waals surface area contributed by atoms with E-state index in [4.69, 9.17) is 9.97 Å². The number of likely N-dealkylation sites (tertiary alicyclic amines) is 1. The van der Waals surface area contributed by atoms with E-state index in [2.05, 4.69) is 24.3 Å². The van der Waals surface area contributed by atoms with Gasteiger partial charge in [0.05, 0.1) is 0 Å². The molecule has 0 bridgehead atoms. The number of amides is 2. The minimum absolute atomic E-state index is 0.119. The van der Waals surface area contributed by atoms with Gasteiger partial charge in [-0.25, -0.2) is 9.97 Å². The van der Waals surface area contributed by atoms with E-state index in [-0.39, 0.29) is 23.1 Å². The van der Waals surface area contributed by atoms with Crippen molar-refractivity contribution in [2.75, 3.05) is 24.5 Å². The van der Waals surface area contributed by atoms with Crippen LogP contribution in [0.1, 0.15) is 68.6 Å². The van der Waals surface area contributed by atoms with Crippen molar-refractivity contribution in [3.8, 4) is 0 Å². The molecule has 1 aromatic carbocycles. The summed E-state index contributed by atoms with van der Waals surface area (Å²) in [6.45, 7) is 9.95. The Hall–Kier alpha value is -2.76. The largest absolute Gasteiger partial charge is 0.341 e. The van der Waals surface area contributed by atoms with Gasteiger partial charge >= 0.3 is 0 Å². The highest BCUT2D eigenvalue weighted by Gasteiger charge is 2.36. The number of aromatic nitrogens is 2. The van der Waals surface area contributed by atoms with Crippen LogP contribution >= 0.6 is 0 Å². The van der Waals surface area contributed by atoms with E-state index in [0.717, 1.165) is 48.7 Å². The third-order valence-corrected chi connectivity index (χ3v) is 6.53. The Balaban J connectivity index is 1.52. The lowest BCUT2D eigenvalue weighted by atomic mass is 9.95. The van der Waals surface area contributed by atoms with E-state index < -0.39 is 0 Å². The van der Waals surface area contributed by atoms with Crippen LogP contribution in [0, 0.1) is 12.3 Å². The van der Waals surface area contributed by atoms with Gasteiger partial charge in [0, 0.05) is 48.6 Å². The van der Waals surface area contributed by atoms with Crippen LogP contribution in [0.5, 0.6) is 0 Å². The smallest absolute Gasteiger partial charge is 0.228 e. The molecule has 3 heterocycles. The summed E-state index contributed by atoms with van der Waals surface area (Å²) < 4.78 is 0. The topological polar surface area (TPSA) is 66.4 Å². The Labute approximate surface area is 191 Å². The van der Waals surface area contributed by atoms with Gasteiger partial charge in [-0.05, 0) is 38.2 Å². The second kappa shape index (κ2) is 9.00. The lowest BCUT2D eigenvalue weighted by Crippen LogP contribution is -2.38. The Morgan fingerprint density at radius 1 is 1.12 bits per heavy atom. The first-order chi connectivity index (χ1) is 15.2. The number of carbonyl (C=O) groups excluding carboxylic acids is 2. The summed E-state index contributed by atoms with van der Waals surface area (Å²) in [4.78, 5) is 39.1. The standard InChI is InChI=1S/C26H34N4O2/c1-18-21-12-13-22(31)30(15-8-11-19-9-6-5-7-10-19)24(21)28-23(27-18)20-14-16-29(17-20)25(32)26(2,3)4/h5-7,9-10,20H,8,11-17H2,1-4H3/t20-/m1/s1. The number of benzene rings is 1. The van der Waals surface area contributed by atoms with E-state index in [1.807, 2.05) is 43.6 Å². The molecule has 2 aliphatic rings. The maximum atomic E-state index is 12.8. The number of carbonyl (C=O) groups is 2. The molecule has 2 aliphatic heterocycles. The molecule has 1 saturated heterocycles. The highest BCUT2D eigenvalue weighted by Crippen LogP contribution is 2.33. The summed E-state index contributed by atoms with van der Waals surface area (Å²) in [5.41, 5.74) is 2.95. The number of hydrogen-bond donors (Lipinski definition) is 0. The summed E-state index contributed by atoms with van der Waals surface area (Å²) in [6.07, 6.45) is 3.91.